The van der Waals surface area contributed by atoms with Crippen molar-refractivity contribution in [1.82, 2.24) is 5.32 Å². The molecular formula is C25H23ClN2O3S. The van der Waals surface area contributed by atoms with E-state index in [0.717, 1.165) is 21.8 Å². The molecule has 1 N–H and O–H groups in total. The van der Waals surface area contributed by atoms with Crippen molar-refractivity contribution in [3.63, 3.8) is 0 Å². The third-order valence-electron chi connectivity index (χ3n) is 5.19. The summed E-state index contributed by atoms with van der Waals surface area (Å²) in [7, 11) is 1.63. The maximum absolute atomic E-state index is 13.6. The molecule has 7 heteroatoms. The van der Waals surface area contributed by atoms with Crippen LogP contribution in [-0.2, 0) is 11.3 Å². The lowest BCUT2D eigenvalue weighted by Gasteiger charge is -2.24. The molecule has 4 rings (SSSR count). The Hall–Kier alpha value is -2.80. The lowest BCUT2D eigenvalue weighted by atomic mass is 10.1. The number of benzene rings is 3. The number of fused-ring (bicyclic) bond motifs is 2. The molecule has 0 aromatic heterocycles. The van der Waals surface area contributed by atoms with Gasteiger partial charge in [-0.2, -0.15) is 0 Å². The molecule has 1 aliphatic rings. The highest BCUT2D eigenvalue weighted by Crippen LogP contribution is 2.42. The number of halogens is 1. The van der Waals surface area contributed by atoms with Crippen LogP contribution in [0.4, 0.5) is 5.69 Å². The number of rotatable bonds is 7. The Morgan fingerprint density at radius 3 is 2.66 bits per heavy atom. The van der Waals surface area contributed by atoms with Crippen molar-refractivity contribution in [2.45, 2.75) is 22.8 Å². The number of nitrogens with zero attached hydrogens (tertiary/aromatic N) is 1. The Labute approximate surface area is 196 Å². The van der Waals surface area contributed by atoms with Gasteiger partial charge < -0.3 is 15.0 Å². The second-order valence-electron chi connectivity index (χ2n) is 7.37. The smallest absolute Gasteiger partial charge is 0.259 e. The summed E-state index contributed by atoms with van der Waals surface area (Å²) >= 11 is 7.93. The van der Waals surface area contributed by atoms with Gasteiger partial charge in [-0.05, 0) is 48.4 Å². The molecule has 1 heterocycles. The number of hydrogen-bond acceptors (Lipinski definition) is 4. The number of nitrogens with one attached hydrogen (secondary N) is 1. The zero-order valence-electron chi connectivity index (χ0n) is 17.6. The minimum atomic E-state index is -0.180. The van der Waals surface area contributed by atoms with Crippen LogP contribution in [0.1, 0.15) is 32.7 Å². The monoisotopic (exact) mass is 466 g/mol. The fraction of sp³-hybridized carbons (Fsp3) is 0.200. The van der Waals surface area contributed by atoms with Crippen molar-refractivity contribution in [1.29, 1.82) is 0 Å². The van der Waals surface area contributed by atoms with Gasteiger partial charge in [-0.3, -0.25) is 9.59 Å². The largest absolute Gasteiger partial charge is 0.385 e. The number of carbonyl (C=O) groups is 2. The Morgan fingerprint density at radius 1 is 1.06 bits per heavy atom. The normalized spacial score (nSPS) is 12.7. The number of amides is 2. The SMILES string of the molecule is COCCCNC(=O)c1ccc2c(c1)N(Cc1ccccc1Cl)C(=O)c1ccccc1S2. The summed E-state index contributed by atoms with van der Waals surface area (Å²) < 4.78 is 5.03. The van der Waals surface area contributed by atoms with Crippen LogP contribution in [-0.4, -0.2) is 32.1 Å². The van der Waals surface area contributed by atoms with E-state index in [1.54, 1.807) is 24.1 Å². The highest BCUT2D eigenvalue weighted by Gasteiger charge is 2.28. The molecule has 0 bridgehead atoms. The minimum absolute atomic E-state index is 0.121. The zero-order chi connectivity index (χ0) is 22.5. The van der Waals surface area contributed by atoms with Crippen LogP contribution in [0.5, 0.6) is 0 Å². The summed E-state index contributed by atoms with van der Waals surface area (Å²) in [4.78, 5) is 29.8. The molecule has 0 saturated heterocycles. The van der Waals surface area contributed by atoms with Crippen molar-refractivity contribution in [3.05, 3.63) is 88.4 Å². The van der Waals surface area contributed by atoms with Crippen LogP contribution in [0, 0.1) is 0 Å². The summed E-state index contributed by atoms with van der Waals surface area (Å²) in [6.45, 7) is 1.41. The molecule has 5 nitrogen and oxygen atoms in total. The van der Waals surface area contributed by atoms with Gasteiger partial charge in [0.15, 0.2) is 0 Å². The van der Waals surface area contributed by atoms with Gasteiger partial charge in [0.2, 0.25) is 0 Å². The van der Waals surface area contributed by atoms with E-state index in [0.29, 0.717) is 41.5 Å². The van der Waals surface area contributed by atoms with Gasteiger partial charge in [0.25, 0.3) is 11.8 Å². The van der Waals surface area contributed by atoms with E-state index in [2.05, 4.69) is 5.32 Å². The minimum Gasteiger partial charge on any atom is -0.385 e. The topological polar surface area (TPSA) is 58.6 Å². The summed E-state index contributed by atoms with van der Waals surface area (Å²) in [6.07, 6.45) is 0.732. The van der Waals surface area contributed by atoms with Crippen molar-refractivity contribution in [2.75, 3.05) is 25.2 Å². The van der Waals surface area contributed by atoms with Gasteiger partial charge in [-0.15, -0.1) is 0 Å². The summed E-state index contributed by atoms with van der Waals surface area (Å²) in [6, 6.07) is 20.5. The van der Waals surface area contributed by atoms with E-state index in [4.69, 9.17) is 16.3 Å². The molecule has 1 aliphatic heterocycles. The van der Waals surface area contributed by atoms with Crippen LogP contribution in [0.3, 0.4) is 0 Å². The summed E-state index contributed by atoms with van der Waals surface area (Å²) in [5.74, 6) is -0.301. The number of carbonyl (C=O) groups excluding carboxylic acids is 2. The Morgan fingerprint density at radius 2 is 1.84 bits per heavy atom. The molecule has 0 unspecified atom stereocenters. The van der Waals surface area contributed by atoms with Crippen molar-refractivity contribution in [2.24, 2.45) is 0 Å². The van der Waals surface area contributed by atoms with Gasteiger partial charge >= 0.3 is 0 Å². The van der Waals surface area contributed by atoms with E-state index in [1.807, 2.05) is 54.6 Å². The van der Waals surface area contributed by atoms with Crippen molar-refractivity contribution >= 4 is 40.9 Å². The van der Waals surface area contributed by atoms with Gasteiger partial charge in [-0.1, -0.05) is 53.7 Å². The molecule has 0 fully saturated rings. The van der Waals surface area contributed by atoms with Crippen LogP contribution >= 0.6 is 23.4 Å². The van der Waals surface area contributed by atoms with Gasteiger partial charge in [0.1, 0.15) is 0 Å². The van der Waals surface area contributed by atoms with Gasteiger partial charge in [0.05, 0.1) is 17.8 Å². The Bertz CT molecular complexity index is 1150. The molecular weight excluding hydrogens is 444 g/mol. The molecule has 3 aromatic carbocycles. The molecule has 3 aromatic rings. The molecule has 2 amide bonds. The molecule has 32 heavy (non-hydrogen) atoms. The predicted octanol–water partition coefficient (Wildman–Crippen LogP) is 5.42. The first-order chi connectivity index (χ1) is 15.6. The van der Waals surface area contributed by atoms with Crippen LogP contribution < -0.4 is 10.2 Å². The molecule has 0 saturated carbocycles. The molecule has 0 radical (unpaired) electrons. The highest BCUT2D eigenvalue weighted by molar-refractivity contribution is 7.99. The Kier molecular flexibility index (Phi) is 7.15. The lowest BCUT2D eigenvalue weighted by molar-refractivity contribution is 0.0945. The standard InChI is InChI=1S/C25H23ClN2O3S/c1-31-14-6-13-27-24(29)17-11-12-23-21(15-17)28(16-18-7-2-4-9-20(18)26)25(30)19-8-3-5-10-22(19)32-23/h2-5,7-12,15H,6,13-14,16H2,1H3,(H,27,29). The van der Waals surface area contributed by atoms with E-state index >= 15 is 0 Å². The second-order valence-corrected chi connectivity index (χ2v) is 8.86. The van der Waals surface area contributed by atoms with Gasteiger partial charge in [0, 0.05) is 40.6 Å². The average molecular weight is 467 g/mol. The number of anilines is 1. The third-order valence-corrected chi connectivity index (χ3v) is 6.70. The Balaban J connectivity index is 1.72. The third kappa shape index (κ3) is 4.83. The molecule has 0 spiro atoms. The summed E-state index contributed by atoms with van der Waals surface area (Å²) in [5.41, 5.74) is 2.67. The predicted molar refractivity (Wildman–Crippen MR) is 128 cm³/mol. The maximum atomic E-state index is 13.6. The number of hydrogen-bond donors (Lipinski definition) is 1. The fourth-order valence-electron chi connectivity index (χ4n) is 3.54. The number of methoxy groups -OCH3 is 1. The van der Waals surface area contributed by atoms with E-state index in [1.165, 1.54) is 11.8 Å². The first-order valence-corrected chi connectivity index (χ1v) is 11.5. The molecule has 0 atom stereocenters. The van der Waals surface area contributed by atoms with Crippen molar-refractivity contribution in [3.8, 4) is 0 Å². The zero-order valence-corrected chi connectivity index (χ0v) is 19.2. The second kappa shape index (κ2) is 10.2. The van der Waals surface area contributed by atoms with Crippen LogP contribution in [0.25, 0.3) is 0 Å². The average Bonchev–Trinajstić information content (AvgIpc) is 2.92. The quantitative estimate of drug-likeness (QED) is 0.472. The molecule has 0 aliphatic carbocycles. The van der Waals surface area contributed by atoms with Crippen LogP contribution in [0.2, 0.25) is 5.02 Å². The first-order valence-electron chi connectivity index (χ1n) is 10.3. The maximum Gasteiger partial charge on any atom is 0.259 e. The highest BCUT2D eigenvalue weighted by atomic mass is 35.5. The van der Waals surface area contributed by atoms with E-state index < -0.39 is 0 Å². The van der Waals surface area contributed by atoms with Gasteiger partial charge in [-0.25, -0.2) is 0 Å². The van der Waals surface area contributed by atoms with E-state index in [9.17, 15) is 9.59 Å². The van der Waals surface area contributed by atoms with Crippen molar-refractivity contribution < 1.29 is 14.3 Å². The number of ether oxygens (including phenoxy) is 1. The molecule has 164 valence electrons. The lowest BCUT2D eigenvalue weighted by Crippen LogP contribution is -2.31. The summed E-state index contributed by atoms with van der Waals surface area (Å²) in [5, 5.41) is 3.50. The fourth-order valence-corrected chi connectivity index (χ4v) is 4.79. The first kappa shape index (κ1) is 22.4. The van der Waals surface area contributed by atoms with Crippen LogP contribution in [0.15, 0.2) is 76.5 Å². The van der Waals surface area contributed by atoms with E-state index in [-0.39, 0.29) is 11.8 Å².